The average Bonchev–Trinajstić information content (AvgIpc) is 2.58. The van der Waals surface area contributed by atoms with Crippen LogP contribution in [0.25, 0.3) is 0 Å². The number of nitrogens with one attached hydrogen (secondary N) is 2. The number of hydrogen-bond acceptors (Lipinski definition) is 4. The fourth-order valence-corrected chi connectivity index (χ4v) is 3.46. The Morgan fingerprint density at radius 3 is 2.64 bits per heavy atom. The minimum Gasteiger partial charge on any atom is -0.325 e. The van der Waals surface area contributed by atoms with E-state index in [0.717, 1.165) is 0 Å². The monoisotopic (exact) mass is 393 g/mol. The van der Waals surface area contributed by atoms with Crippen LogP contribution in [0, 0.1) is 0 Å². The Labute approximate surface area is 158 Å². The molecule has 8 heteroatoms. The first kappa shape index (κ1) is 17.8. The summed E-state index contributed by atoms with van der Waals surface area (Å²) in [5.41, 5.74) is 1.23. The Hall–Kier alpha value is -2.02. The Balaban J connectivity index is 1.72. The van der Waals surface area contributed by atoms with E-state index in [0.29, 0.717) is 26.6 Å². The van der Waals surface area contributed by atoms with Crippen LogP contribution >= 0.6 is 35.0 Å². The molecular formula is C17H13Cl2N3O2S. The summed E-state index contributed by atoms with van der Waals surface area (Å²) in [5, 5.41) is 6.01. The number of anilines is 1. The number of nitrogens with zero attached hydrogens (tertiary/aromatic N) is 1. The summed E-state index contributed by atoms with van der Waals surface area (Å²) in [6.07, 6.45) is 0.0750. The van der Waals surface area contributed by atoms with Gasteiger partial charge in [-0.2, -0.15) is 0 Å². The quantitative estimate of drug-likeness (QED) is 0.818. The van der Waals surface area contributed by atoms with Crippen molar-refractivity contribution < 1.29 is 9.59 Å². The molecule has 0 radical (unpaired) electrons. The minimum absolute atomic E-state index is 0.0750. The molecule has 2 amide bonds. The molecule has 0 aromatic heterocycles. The highest BCUT2D eigenvalue weighted by atomic mass is 35.5. The van der Waals surface area contributed by atoms with Gasteiger partial charge in [0.25, 0.3) is 0 Å². The molecule has 3 rings (SSSR count). The predicted molar refractivity (Wildman–Crippen MR) is 103 cm³/mol. The smallest absolute Gasteiger partial charge is 0.238 e. The predicted octanol–water partition coefficient (Wildman–Crippen LogP) is 4.24. The van der Waals surface area contributed by atoms with Crippen molar-refractivity contribution in [3.8, 4) is 0 Å². The van der Waals surface area contributed by atoms with Gasteiger partial charge in [0.2, 0.25) is 11.8 Å². The van der Waals surface area contributed by atoms with Gasteiger partial charge in [-0.1, -0.05) is 53.2 Å². The molecule has 1 heterocycles. The third kappa shape index (κ3) is 4.75. The van der Waals surface area contributed by atoms with Gasteiger partial charge in [-0.15, -0.1) is 0 Å². The van der Waals surface area contributed by atoms with Gasteiger partial charge >= 0.3 is 0 Å². The van der Waals surface area contributed by atoms with Crippen molar-refractivity contribution in [1.82, 2.24) is 5.32 Å². The summed E-state index contributed by atoms with van der Waals surface area (Å²) < 4.78 is 0. The Bertz CT molecular complexity index is 843. The lowest BCUT2D eigenvalue weighted by Crippen LogP contribution is -2.41. The number of amides is 2. The van der Waals surface area contributed by atoms with Crippen LogP contribution < -0.4 is 10.6 Å². The van der Waals surface area contributed by atoms with Crippen molar-refractivity contribution in [1.29, 1.82) is 0 Å². The van der Waals surface area contributed by atoms with E-state index in [9.17, 15) is 9.59 Å². The molecule has 0 bridgehead atoms. The van der Waals surface area contributed by atoms with E-state index in [1.165, 1.54) is 11.8 Å². The van der Waals surface area contributed by atoms with Gasteiger partial charge in [0.15, 0.2) is 5.17 Å². The van der Waals surface area contributed by atoms with Gasteiger partial charge in [0.1, 0.15) is 5.25 Å². The lowest BCUT2D eigenvalue weighted by Gasteiger charge is -2.22. The summed E-state index contributed by atoms with van der Waals surface area (Å²) in [7, 11) is 0. The number of amidine groups is 1. The first-order valence-electron chi connectivity index (χ1n) is 7.37. The first-order valence-corrected chi connectivity index (χ1v) is 9.01. The molecule has 0 spiro atoms. The molecule has 0 aliphatic carbocycles. The highest BCUT2D eigenvalue weighted by Crippen LogP contribution is 2.27. The molecule has 0 unspecified atom stereocenters. The van der Waals surface area contributed by atoms with Crippen molar-refractivity contribution >= 4 is 63.3 Å². The second kappa shape index (κ2) is 7.91. The second-order valence-corrected chi connectivity index (χ2v) is 7.24. The number of halogens is 2. The third-order valence-corrected chi connectivity index (χ3v) is 5.16. The number of rotatable bonds is 3. The molecule has 128 valence electrons. The zero-order valence-electron chi connectivity index (χ0n) is 12.8. The number of benzene rings is 2. The van der Waals surface area contributed by atoms with E-state index in [2.05, 4.69) is 15.6 Å². The van der Waals surface area contributed by atoms with Crippen molar-refractivity contribution in [2.45, 2.75) is 11.7 Å². The van der Waals surface area contributed by atoms with Gasteiger partial charge in [-0.05, 0) is 30.3 Å². The molecule has 2 aromatic rings. The van der Waals surface area contributed by atoms with E-state index in [1.807, 2.05) is 30.3 Å². The third-order valence-electron chi connectivity index (χ3n) is 3.34. The maximum absolute atomic E-state index is 12.5. The van der Waals surface area contributed by atoms with Crippen LogP contribution in [-0.2, 0) is 9.59 Å². The molecule has 25 heavy (non-hydrogen) atoms. The second-order valence-electron chi connectivity index (χ2n) is 5.23. The van der Waals surface area contributed by atoms with Gasteiger partial charge < -0.3 is 10.6 Å². The number of thioether (sulfide) groups is 1. The van der Waals surface area contributed by atoms with Crippen molar-refractivity contribution in [2.75, 3.05) is 5.32 Å². The molecule has 1 aliphatic heterocycles. The Morgan fingerprint density at radius 2 is 1.92 bits per heavy atom. The number of para-hydroxylation sites is 1. The fourth-order valence-electron chi connectivity index (χ4n) is 2.16. The van der Waals surface area contributed by atoms with Crippen LogP contribution in [0.5, 0.6) is 0 Å². The largest absolute Gasteiger partial charge is 0.325 e. The zero-order valence-corrected chi connectivity index (χ0v) is 15.2. The van der Waals surface area contributed by atoms with Gasteiger partial charge in [0, 0.05) is 12.1 Å². The summed E-state index contributed by atoms with van der Waals surface area (Å²) >= 11 is 13.0. The van der Waals surface area contributed by atoms with Crippen LogP contribution in [0.1, 0.15) is 6.42 Å². The van der Waals surface area contributed by atoms with E-state index in [1.54, 1.807) is 18.2 Å². The number of hydrogen-bond donors (Lipinski definition) is 2. The van der Waals surface area contributed by atoms with Gasteiger partial charge in [-0.3, -0.25) is 9.59 Å². The molecular weight excluding hydrogens is 381 g/mol. The summed E-state index contributed by atoms with van der Waals surface area (Å²) in [6.45, 7) is 0. The van der Waals surface area contributed by atoms with Crippen LogP contribution in [0.3, 0.4) is 0 Å². The summed E-state index contributed by atoms with van der Waals surface area (Å²) in [4.78, 5) is 28.7. The van der Waals surface area contributed by atoms with Crippen LogP contribution in [0.4, 0.5) is 11.4 Å². The fraction of sp³-hybridized carbons (Fsp3) is 0.118. The maximum Gasteiger partial charge on any atom is 0.238 e. The summed E-state index contributed by atoms with van der Waals surface area (Å²) in [6, 6.07) is 14.0. The number of aliphatic imine (C=N–C) groups is 1. The van der Waals surface area contributed by atoms with Gasteiger partial charge in [-0.25, -0.2) is 4.99 Å². The SMILES string of the molecule is O=C1C[C@@H](C(=O)Nc2ccc(Cl)c(Cl)c2)SC(=Nc2ccccc2)N1. The van der Waals surface area contributed by atoms with Crippen LogP contribution in [0.15, 0.2) is 53.5 Å². The molecule has 1 atom stereocenters. The normalized spacial score (nSPS) is 18.7. The molecule has 2 N–H and O–H groups in total. The zero-order chi connectivity index (χ0) is 17.8. The maximum atomic E-state index is 12.5. The molecule has 1 aliphatic rings. The molecule has 5 nitrogen and oxygen atoms in total. The molecule has 1 fully saturated rings. The minimum atomic E-state index is -0.578. The van der Waals surface area contributed by atoms with Crippen LogP contribution in [-0.4, -0.2) is 22.2 Å². The number of carbonyl (C=O) groups excluding carboxylic acids is 2. The number of carbonyl (C=O) groups is 2. The molecule has 1 saturated heterocycles. The van der Waals surface area contributed by atoms with E-state index in [-0.39, 0.29) is 18.2 Å². The Kier molecular flexibility index (Phi) is 5.63. The van der Waals surface area contributed by atoms with E-state index < -0.39 is 5.25 Å². The molecule has 2 aromatic carbocycles. The van der Waals surface area contributed by atoms with E-state index in [4.69, 9.17) is 23.2 Å². The lowest BCUT2D eigenvalue weighted by molar-refractivity contribution is -0.123. The van der Waals surface area contributed by atoms with Gasteiger partial charge in [0.05, 0.1) is 15.7 Å². The summed E-state index contributed by atoms with van der Waals surface area (Å²) in [5.74, 6) is -0.540. The first-order chi connectivity index (χ1) is 12.0. The van der Waals surface area contributed by atoms with Crippen molar-refractivity contribution in [3.05, 3.63) is 58.6 Å². The van der Waals surface area contributed by atoms with Crippen molar-refractivity contribution in [3.63, 3.8) is 0 Å². The highest BCUT2D eigenvalue weighted by Gasteiger charge is 2.30. The average molecular weight is 394 g/mol. The standard InChI is InChI=1S/C17H13Cl2N3O2S/c18-12-7-6-11(8-13(12)19)20-16(24)14-9-15(23)22-17(25-14)21-10-4-2-1-3-5-10/h1-8,14H,9H2,(H,20,24)(H,21,22,23)/t14-/m0/s1. The lowest BCUT2D eigenvalue weighted by atomic mass is 10.2. The topological polar surface area (TPSA) is 70.6 Å². The highest BCUT2D eigenvalue weighted by molar-refractivity contribution is 8.15. The molecule has 0 saturated carbocycles. The van der Waals surface area contributed by atoms with Crippen molar-refractivity contribution in [2.24, 2.45) is 4.99 Å². The van der Waals surface area contributed by atoms with E-state index >= 15 is 0 Å². The van der Waals surface area contributed by atoms with Crippen LogP contribution in [0.2, 0.25) is 10.0 Å². The Morgan fingerprint density at radius 1 is 1.16 bits per heavy atom.